The van der Waals surface area contributed by atoms with Crippen LogP contribution in [0.2, 0.25) is 0 Å². The maximum atomic E-state index is 13.5. The SMILES string of the molecule is CN=C(/C(N=Nc1cccc(C(F)(F)F)c1)=N/N(C(=O)C(C)(C)C)c1cccc(C(F)(F)F)c1)c1ccccc1. The number of halogens is 6. The third kappa shape index (κ3) is 7.61. The minimum absolute atomic E-state index is 0.0926. The van der Waals surface area contributed by atoms with Gasteiger partial charge in [0.05, 0.1) is 22.5 Å². The van der Waals surface area contributed by atoms with E-state index in [-0.39, 0.29) is 22.9 Å². The lowest BCUT2D eigenvalue weighted by atomic mass is 9.95. The van der Waals surface area contributed by atoms with Crippen LogP contribution in [0.1, 0.15) is 37.5 Å². The van der Waals surface area contributed by atoms with E-state index in [2.05, 4.69) is 20.3 Å². The van der Waals surface area contributed by atoms with E-state index in [1.165, 1.54) is 19.2 Å². The number of carbonyl (C=O) groups is 1. The predicted octanol–water partition coefficient (Wildman–Crippen LogP) is 8.32. The number of amides is 1. The number of carbonyl (C=O) groups excluding carboxylic acids is 1. The van der Waals surface area contributed by atoms with Crippen LogP contribution in [0.3, 0.4) is 0 Å². The van der Waals surface area contributed by atoms with Gasteiger partial charge in [0.2, 0.25) is 5.84 Å². The summed E-state index contributed by atoms with van der Waals surface area (Å²) in [6.07, 6.45) is -9.32. The minimum Gasteiger partial charge on any atom is -0.284 e. The molecule has 0 aliphatic rings. The number of anilines is 1. The lowest BCUT2D eigenvalue weighted by Gasteiger charge is -2.26. The van der Waals surface area contributed by atoms with E-state index in [1.54, 1.807) is 51.1 Å². The van der Waals surface area contributed by atoms with Crippen molar-refractivity contribution in [2.75, 3.05) is 12.1 Å². The van der Waals surface area contributed by atoms with E-state index in [1.807, 2.05) is 0 Å². The van der Waals surface area contributed by atoms with E-state index in [4.69, 9.17) is 0 Å². The first-order valence-corrected chi connectivity index (χ1v) is 11.8. The van der Waals surface area contributed by atoms with Gasteiger partial charge >= 0.3 is 12.4 Å². The fourth-order valence-electron chi connectivity index (χ4n) is 3.37. The van der Waals surface area contributed by atoms with Gasteiger partial charge in [-0.05, 0) is 36.4 Å². The molecule has 0 saturated carbocycles. The van der Waals surface area contributed by atoms with Gasteiger partial charge in [0.15, 0.2) is 0 Å². The number of amidine groups is 1. The maximum absolute atomic E-state index is 13.5. The zero-order chi connectivity index (χ0) is 29.7. The van der Waals surface area contributed by atoms with E-state index in [0.29, 0.717) is 5.56 Å². The minimum atomic E-state index is -4.69. The van der Waals surface area contributed by atoms with Crippen molar-refractivity contribution in [3.63, 3.8) is 0 Å². The van der Waals surface area contributed by atoms with Crippen molar-refractivity contribution < 1.29 is 31.1 Å². The highest BCUT2D eigenvalue weighted by Crippen LogP contribution is 2.34. The van der Waals surface area contributed by atoms with E-state index in [9.17, 15) is 31.1 Å². The lowest BCUT2D eigenvalue weighted by Crippen LogP contribution is -2.37. The van der Waals surface area contributed by atoms with Crippen LogP contribution in [-0.4, -0.2) is 24.5 Å². The molecule has 210 valence electrons. The first kappa shape index (κ1) is 30.2. The lowest BCUT2D eigenvalue weighted by molar-refractivity contribution is -0.138. The van der Waals surface area contributed by atoms with Gasteiger partial charge in [-0.1, -0.05) is 63.2 Å². The Balaban J connectivity index is 2.25. The van der Waals surface area contributed by atoms with Crippen molar-refractivity contribution in [2.24, 2.45) is 25.7 Å². The Hall–Kier alpha value is -4.35. The van der Waals surface area contributed by atoms with E-state index in [0.717, 1.165) is 41.4 Å². The highest BCUT2D eigenvalue weighted by atomic mass is 19.4. The Labute approximate surface area is 226 Å². The van der Waals surface area contributed by atoms with Gasteiger partial charge in [-0.15, -0.1) is 15.3 Å². The number of hydrazone groups is 1. The fraction of sp³-hybridized carbons (Fsp3) is 0.250. The second-order valence-electron chi connectivity index (χ2n) is 9.52. The van der Waals surface area contributed by atoms with Crippen molar-refractivity contribution in [2.45, 2.75) is 33.1 Å². The van der Waals surface area contributed by atoms with Gasteiger partial charge < -0.3 is 0 Å². The van der Waals surface area contributed by atoms with Gasteiger partial charge in [0.25, 0.3) is 5.91 Å². The standard InChI is InChI=1S/C28H25F6N5O/c1-26(2,3)25(40)39(22-15-9-13-20(17-22)28(32,33)34)38-24(23(35-4)18-10-6-5-7-11-18)37-36-21-14-8-12-19(16-21)27(29,30)31/h5-17H,1-4H3/b35-23?,37-36?,38-24-. The quantitative estimate of drug-likeness (QED) is 0.102. The molecule has 12 heteroatoms. The van der Waals surface area contributed by atoms with Crippen LogP contribution >= 0.6 is 0 Å². The van der Waals surface area contributed by atoms with Gasteiger partial charge in [-0.2, -0.15) is 31.4 Å². The predicted molar refractivity (Wildman–Crippen MR) is 141 cm³/mol. The second-order valence-corrected chi connectivity index (χ2v) is 9.52. The van der Waals surface area contributed by atoms with Gasteiger partial charge in [0.1, 0.15) is 5.71 Å². The number of benzene rings is 3. The fourth-order valence-corrected chi connectivity index (χ4v) is 3.37. The second kappa shape index (κ2) is 11.8. The summed E-state index contributed by atoms with van der Waals surface area (Å²) in [5.41, 5.74) is -2.87. The maximum Gasteiger partial charge on any atom is 0.416 e. The average Bonchev–Trinajstić information content (AvgIpc) is 2.89. The van der Waals surface area contributed by atoms with Crippen molar-refractivity contribution in [1.29, 1.82) is 0 Å². The summed E-state index contributed by atoms with van der Waals surface area (Å²) in [7, 11) is 1.40. The highest BCUT2D eigenvalue weighted by molar-refractivity contribution is 6.48. The number of alkyl halides is 6. The zero-order valence-corrected chi connectivity index (χ0v) is 21.9. The van der Waals surface area contributed by atoms with Crippen molar-refractivity contribution >= 4 is 28.8 Å². The molecule has 0 spiro atoms. The Morgan fingerprint density at radius 2 is 1.32 bits per heavy atom. The molecule has 0 heterocycles. The van der Waals surface area contributed by atoms with Crippen LogP contribution in [0.25, 0.3) is 0 Å². The molecule has 0 N–H and O–H groups in total. The van der Waals surface area contributed by atoms with Crippen molar-refractivity contribution in [1.82, 2.24) is 0 Å². The Morgan fingerprint density at radius 1 is 0.750 bits per heavy atom. The number of rotatable bonds is 5. The Morgan fingerprint density at radius 3 is 1.88 bits per heavy atom. The Bertz CT molecular complexity index is 1440. The molecular formula is C28H25F6N5O. The van der Waals surface area contributed by atoms with Crippen LogP contribution in [0.4, 0.5) is 37.7 Å². The number of aliphatic imine (C=N–C) groups is 1. The smallest absolute Gasteiger partial charge is 0.284 e. The molecule has 40 heavy (non-hydrogen) atoms. The molecule has 0 aliphatic heterocycles. The summed E-state index contributed by atoms with van der Waals surface area (Å²) >= 11 is 0. The first-order valence-electron chi connectivity index (χ1n) is 11.8. The largest absolute Gasteiger partial charge is 0.416 e. The molecule has 0 radical (unpaired) electrons. The molecule has 0 fully saturated rings. The first-order chi connectivity index (χ1) is 18.6. The summed E-state index contributed by atoms with van der Waals surface area (Å²) in [5, 5.41) is 13.0. The summed E-state index contributed by atoms with van der Waals surface area (Å²) in [4.78, 5) is 17.6. The third-order valence-corrected chi connectivity index (χ3v) is 5.36. The summed E-state index contributed by atoms with van der Waals surface area (Å²) in [6, 6.07) is 16.5. The highest BCUT2D eigenvalue weighted by Gasteiger charge is 2.34. The van der Waals surface area contributed by atoms with Gasteiger partial charge in [-0.3, -0.25) is 9.79 Å². The zero-order valence-electron chi connectivity index (χ0n) is 21.9. The molecule has 3 aromatic rings. The van der Waals surface area contributed by atoms with Crippen molar-refractivity contribution in [3.05, 3.63) is 95.6 Å². The molecule has 6 nitrogen and oxygen atoms in total. The molecule has 0 aliphatic carbocycles. The van der Waals surface area contributed by atoms with Crippen LogP contribution in [0, 0.1) is 5.41 Å². The molecule has 3 aromatic carbocycles. The van der Waals surface area contributed by atoms with Crippen molar-refractivity contribution in [3.8, 4) is 0 Å². The molecule has 0 saturated heterocycles. The van der Waals surface area contributed by atoms with Gasteiger partial charge in [-0.25, -0.2) is 0 Å². The molecule has 0 aromatic heterocycles. The molecule has 3 rings (SSSR count). The number of hydrogen-bond acceptors (Lipinski definition) is 4. The van der Waals surface area contributed by atoms with E-state index >= 15 is 0 Å². The molecular weight excluding hydrogens is 536 g/mol. The molecule has 0 bridgehead atoms. The van der Waals surface area contributed by atoms with Gasteiger partial charge in [0, 0.05) is 18.0 Å². The summed E-state index contributed by atoms with van der Waals surface area (Å²) in [6.45, 7) is 4.67. The molecule has 0 atom stereocenters. The number of nitrogens with zero attached hydrogens (tertiary/aromatic N) is 5. The monoisotopic (exact) mass is 561 g/mol. The molecule has 1 amide bonds. The molecule has 0 unspecified atom stereocenters. The van der Waals surface area contributed by atoms with Crippen LogP contribution in [0.15, 0.2) is 99.2 Å². The number of hydrogen-bond donors (Lipinski definition) is 0. The van der Waals surface area contributed by atoms with Crippen LogP contribution < -0.4 is 5.01 Å². The summed E-state index contributed by atoms with van der Waals surface area (Å²) in [5.74, 6) is -0.997. The number of azo groups is 1. The van der Waals surface area contributed by atoms with E-state index < -0.39 is 34.8 Å². The third-order valence-electron chi connectivity index (χ3n) is 5.36. The topological polar surface area (TPSA) is 69.8 Å². The van der Waals surface area contributed by atoms with Crippen LogP contribution in [0.5, 0.6) is 0 Å². The van der Waals surface area contributed by atoms with Crippen LogP contribution in [-0.2, 0) is 17.1 Å². The Kier molecular flexibility index (Phi) is 8.91. The normalized spacial score (nSPS) is 13.6. The average molecular weight is 562 g/mol. The summed E-state index contributed by atoms with van der Waals surface area (Å²) < 4.78 is 80.1.